The van der Waals surface area contributed by atoms with Crippen LogP contribution in [0.4, 0.5) is 0 Å². The van der Waals surface area contributed by atoms with Crippen molar-refractivity contribution in [1.29, 1.82) is 0 Å². The molecule has 0 saturated carbocycles. The lowest BCUT2D eigenvalue weighted by Gasteiger charge is -2.35. The van der Waals surface area contributed by atoms with Crippen molar-refractivity contribution in [2.45, 2.75) is 52.8 Å². The molecule has 1 aliphatic rings. The fourth-order valence-electron chi connectivity index (χ4n) is 2.83. The number of carboxylic acids is 1. The molecule has 6 nitrogen and oxygen atoms in total. The molecule has 21 heavy (non-hydrogen) atoms. The maximum absolute atomic E-state index is 10.9. The summed E-state index contributed by atoms with van der Waals surface area (Å²) < 4.78 is 7.72. The number of hydrogen-bond acceptors (Lipinski definition) is 4. The van der Waals surface area contributed by atoms with Gasteiger partial charge in [0, 0.05) is 30.4 Å². The van der Waals surface area contributed by atoms with E-state index >= 15 is 0 Å². The van der Waals surface area contributed by atoms with Crippen molar-refractivity contribution in [3.05, 3.63) is 17.0 Å². The summed E-state index contributed by atoms with van der Waals surface area (Å²) in [6.07, 6.45) is 0.137. The lowest BCUT2D eigenvalue weighted by atomic mass is 10.1. The van der Waals surface area contributed by atoms with Crippen LogP contribution in [0.25, 0.3) is 0 Å². The molecule has 0 radical (unpaired) electrons. The fourth-order valence-corrected chi connectivity index (χ4v) is 2.83. The van der Waals surface area contributed by atoms with Crippen molar-refractivity contribution in [3.8, 4) is 0 Å². The Labute approximate surface area is 125 Å². The molecule has 1 unspecified atom stereocenters. The maximum atomic E-state index is 10.9. The Hall–Kier alpha value is -1.40. The molecule has 0 aromatic carbocycles. The first-order chi connectivity index (χ1) is 9.88. The third-order valence-corrected chi connectivity index (χ3v) is 4.14. The number of nitrogens with zero attached hydrogens (tertiary/aromatic N) is 3. The predicted octanol–water partition coefficient (Wildman–Crippen LogP) is 1.24. The van der Waals surface area contributed by atoms with Crippen molar-refractivity contribution in [3.63, 3.8) is 0 Å². The Morgan fingerprint density at radius 1 is 1.48 bits per heavy atom. The number of rotatable bonds is 5. The molecule has 1 fully saturated rings. The van der Waals surface area contributed by atoms with Crippen LogP contribution in [0.3, 0.4) is 0 Å². The average molecular weight is 295 g/mol. The van der Waals surface area contributed by atoms with Crippen molar-refractivity contribution < 1.29 is 14.6 Å². The second kappa shape index (κ2) is 6.58. The van der Waals surface area contributed by atoms with E-state index in [9.17, 15) is 4.79 Å². The summed E-state index contributed by atoms with van der Waals surface area (Å²) in [6.45, 7) is 11.5. The predicted molar refractivity (Wildman–Crippen MR) is 79.5 cm³/mol. The zero-order chi connectivity index (χ0) is 15.6. The van der Waals surface area contributed by atoms with Gasteiger partial charge in [-0.3, -0.25) is 14.4 Å². The van der Waals surface area contributed by atoms with E-state index < -0.39 is 5.97 Å². The van der Waals surface area contributed by atoms with Crippen molar-refractivity contribution in [2.24, 2.45) is 0 Å². The molecule has 2 rings (SSSR count). The van der Waals surface area contributed by atoms with Crippen LogP contribution in [-0.2, 0) is 22.5 Å². The van der Waals surface area contributed by atoms with E-state index in [0.717, 1.165) is 36.6 Å². The van der Waals surface area contributed by atoms with Crippen molar-refractivity contribution in [1.82, 2.24) is 14.7 Å². The zero-order valence-corrected chi connectivity index (χ0v) is 13.3. The molecule has 1 aromatic heterocycles. The molecule has 1 aliphatic heterocycles. The van der Waals surface area contributed by atoms with Gasteiger partial charge in [0.05, 0.1) is 31.4 Å². The Kier molecular flexibility index (Phi) is 5.00. The van der Waals surface area contributed by atoms with Gasteiger partial charge in [0.15, 0.2) is 0 Å². The van der Waals surface area contributed by atoms with Crippen LogP contribution >= 0.6 is 0 Å². The van der Waals surface area contributed by atoms with E-state index in [2.05, 4.69) is 23.8 Å². The summed E-state index contributed by atoms with van der Waals surface area (Å²) in [5.74, 6) is -0.819. The van der Waals surface area contributed by atoms with Crippen LogP contribution in [0.15, 0.2) is 0 Å². The number of carbonyl (C=O) groups is 1. The normalized spacial score (nSPS) is 20.1. The van der Waals surface area contributed by atoms with Gasteiger partial charge in [-0.25, -0.2) is 0 Å². The van der Waals surface area contributed by atoms with Gasteiger partial charge in [0.1, 0.15) is 0 Å². The van der Waals surface area contributed by atoms with Gasteiger partial charge in [0.25, 0.3) is 0 Å². The minimum absolute atomic E-state index is 0.0291. The minimum atomic E-state index is -0.819. The van der Waals surface area contributed by atoms with Gasteiger partial charge in [0.2, 0.25) is 0 Å². The molecule has 0 amide bonds. The first-order valence-electron chi connectivity index (χ1n) is 7.48. The maximum Gasteiger partial charge on any atom is 0.307 e. The lowest BCUT2D eigenvalue weighted by Crippen LogP contribution is -2.47. The van der Waals surface area contributed by atoms with Gasteiger partial charge >= 0.3 is 5.97 Å². The molecule has 2 heterocycles. The van der Waals surface area contributed by atoms with E-state index in [1.165, 1.54) is 0 Å². The standard InChI is InChI=1S/C15H25N3O3/c1-10(2)17-5-6-21-13(8-17)9-18-12(4)14(7-15(19)20)11(3)16-18/h10,13H,5-9H2,1-4H3,(H,19,20). The highest BCUT2D eigenvalue weighted by Gasteiger charge is 2.24. The number of aromatic nitrogens is 2. The Morgan fingerprint density at radius 3 is 2.81 bits per heavy atom. The van der Waals surface area contributed by atoms with Gasteiger partial charge < -0.3 is 9.84 Å². The van der Waals surface area contributed by atoms with E-state index in [4.69, 9.17) is 9.84 Å². The minimum Gasteiger partial charge on any atom is -0.481 e. The number of aliphatic carboxylic acids is 1. The highest BCUT2D eigenvalue weighted by atomic mass is 16.5. The number of morpholine rings is 1. The molecule has 0 spiro atoms. The number of carboxylic acid groups (broad SMARTS) is 1. The summed E-state index contributed by atoms with van der Waals surface area (Å²) in [5, 5.41) is 13.5. The Morgan fingerprint density at radius 2 is 2.19 bits per heavy atom. The molecule has 1 saturated heterocycles. The molecular weight excluding hydrogens is 270 g/mol. The van der Waals surface area contributed by atoms with Crippen LogP contribution in [0.1, 0.15) is 30.8 Å². The van der Waals surface area contributed by atoms with Crippen LogP contribution in [0.5, 0.6) is 0 Å². The monoisotopic (exact) mass is 295 g/mol. The van der Waals surface area contributed by atoms with Gasteiger partial charge in [-0.15, -0.1) is 0 Å². The second-order valence-electron chi connectivity index (χ2n) is 5.98. The fraction of sp³-hybridized carbons (Fsp3) is 0.733. The number of ether oxygens (including phenoxy) is 1. The zero-order valence-electron chi connectivity index (χ0n) is 13.3. The van der Waals surface area contributed by atoms with Gasteiger partial charge in [-0.2, -0.15) is 5.10 Å². The largest absolute Gasteiger partial charge is 0.481 e. The van der Waals surface area contributed by atoms with Crippen molar-refractivity contribution >= 4 is 5.97 Å². The molecule has 1 aromatic rings. The van der Waals surface area contributed by atoms with Gasteiger partial charge in [-0.05, 0) is 27.7 Å². The van der Waals surface area contributed by atoms with Crippen LogP contribution in [0, 0.1) is 13.8 Å². The summed E-state index contributed by atoms with van der Waals surface area (Å²) in [6, 6.07) is 0.513. The van der Waals surface area contributed by atoms with E-state index in [1.54, 1.807) is 0 Å². The first kappa shape index (κ1) is 16.0. The molecule has 118 valence electrons. The van der Waals surface area contributed by atoms with Gasteiger partial charge in [-0.1, -0.05) is 0 Å². The number of aryl methyl sites for hydroxylation is 1. The highest BCUT2D eigenvalue weighted by molar-refractivity contribution is 5.70. The van der Waals surface area contributed by atoms with Crippen molar-refractivity contribution in [2.75, 3.05) is 19.7 Å². The van der Waals surface area contributed by atoms with Crippen LogP contribution in [0.2, 0.25) is 0 Å². The Bertz CT molecular complexity index is 511. The van der Waals surface area contributed by atoms with E-state index in [0.29, 0.717) is 12.6 Å². The quantitative estimate of drug-likeness (QED) is 0.885. The summed E-state index contributed by atoms with van der Waals surface area (Å²) in [4.78, 5) is 13.3. The molecular formula is C15H25N3O3. The topological polar surface area (TPSA) is 67.6 Å². The smallest absolute Gasteiger partial charge is 0.307 e. The van der Waals surface area contributed by atoms with Crippen LogP contribution < -0.4 is 0 Å². The summed E-state index contributed by atoms with van der Waals surface area (Å²) in [5.41, 5.74) is 2.55. The summed E-state index contributed by atoms with van der Waals surface area (Å²) in [7, 11) is 0. The molecule has 0 bridgehead atoms. The highest BCUT2D eigenvalue weighted by Crippen LogP contribution is 2.16. The van der Waals surface area contributed by atoms with E-state index in [-0.39, 0.29) is 12.5 Å². The number of hydrogen-bond donors (Lipinski definition) is 1. The Balaban J connectivity index is 2.07. The molecule has 1 atom stereocenters. The lowest BCUT2D eigenvalue weighted by molar-refractivity contribution is -0.136. The molecule has 0 aliphatic carbocycles. The SMILES string of the molecule is Cc1nn(CC2CN(C(C)C)CCO2)c(C)c1CC(=O)O. The first-order valence-corrected chi connectivity index (χ1v) is 7.48. The third kappa shape index (κ3) is 3.83. The van der Waals surface area contributed by atoms with Crippen LogP contribution in [-0.4, -0.2) is 57.6 Å². The average Bonchev–Trinajstić information content (AvgIpc) is 2.66. The second-order valence-corrected chi connectivity index (χ2v) is 5.98. The van der Waals surface area contributed by atoms with E-state index in [1.807, 2.05) is 18.5 Å². The molecule has 6 heteroatoms. The summed E-state index contributed by atoms with van der Waals surface area (Å²) >= 11 is 0. The third-order valence-electron chi connectivity index (χ3n) is 4.14. The molecule has 1 N–H and O–H groups in total.